The Morgan fingerprint density at radius 2 is 1.93 bits per heavy atom. The summed E-state index contributed by atoms with van der Waals surface area (Å²) in [7, 11) is 2.16. The maximum absolute atomic E-state index is 11.5. The highest BCUT2D eigenvalue weighted by Gasteiger charge is 2.25. The predicted octanol–water partition coefficient (Wildman–Crippen LogP) is 5.23. The molecule has 3 aromatic rings. The van der Waals surface area contributed by atoms with Crippen LogP contribution in [0.25, 0.3) is 11.1 Å². The topological polar surface area (TPSA) is 53.4 Å². The van der Waals surface area contributed by atoms with E-state index in [1.54, 1.807) is 18.5 Å². The van der Waals surface area contributed by atoms with E-state index in [9.17, 15) is 9.90 Å². The minimum Gasteiger partial charge on any atom is -0.478 e. The average molecular weight is 401 g/mol. The molecule has 0 aliphatic carbocycles. The van der Waals surface area contributed by atoms with Gasteiger partial charge in [0.05, 0.1) is 5.56 Å². The highest BCUT2D eigenvalue weighted by Crippen LogP contribution is 2.36. The molecule has 0 bridgehead atoms. The lowest BCUT2D eigenvalue weighted by Crippen LogP contribution is -2.32. The third-order valence-electron chi connectivity index (χ3n) is 6.36. The number of aromatic nitrogens is 1. The zero-order valence-corrected chi connectivity index (χ0v) is 17.9. The van der Waals surface area contributed by atoms with E-state index in [0.29, 0.717) is 12.0 Å². The zero-order chi connectivity index (χ0) is 21.3. The van der Waals surface area contributed by atoms with Gasteiger partial charge in [0.15, 0.2) is 0 Å². The molecule has 0 saturated heterocycles. The number of rotatable bonds is 5. The predicted molar refractivity (Wildman–Crippen MR) is 120 cm³/mol. The van der Waals surface area contributed by atoms with Gasteiger partial charge in [-0.2, -0.15) is 0 Å². The van der Waals surface area contributed by atoms with Gasteiger partial charge in [0, 0.05) is 25.0 Å². The summed E-state index contributed by atoms with van der Waals surface area (Å²) < 4.78 is 0. The molecule has 4 nitrogen and oxygen atoms in total. The van der Waals surface area contributed by atoms with Crippen LogP contribution < -0.4 is 0 Å². The van der Waals surface area contributed by atoms with Crippen LogP contribution in [0.1, 0.15) is 50.6 Å². The van der Waals surface area contributed by atoms with Crippen LogP contribution >= 0.6 is 0 Å². The quantitative estimate of drug-likeness (QED) is 0.637. The monoisotopic (exact) mass is 400 g/mol. The smallest absolute Gasteiger partial charge is 0.336 e. The van der Waals surface area contributed by atoms with Gasteiger partial charge in [-0.1, -0.05) is 36.4 Å². The highest BCUT2D eigenvalue weighted by atomic mass is 16.4. The van der Waals surface area contributed by atoms with E-state index in [1.165, 1.54) is 33.4 Å². The van der Waals surface area contributed by atoms with E-state index in [1.807, 2.05) is 0 Å². The average Bonchev–Trinajstić information content (AvgIpc) is 2.73. The van der Waals surface area contributed by atoms with E-state index in [4.69, 9.17) is 0 Å². The molecule has 1 N–H and O–H groups in total. The summed E-state index contributed by atoms with van der Waals surface area (Å²) in [5.41, 5.74) is 9.15. The van der Waals surface area contributed by atoms with Crippen LogP contribution in [0.4, 0.5) is 0 Å². The first-order chi connectivity index (χ1) is 14.5. The Balaban J connectivity index is 1.63. The summed E-state index contributed by atoms with van der Waals surface area (Å²) in [6.45, 7) is 5.35. The zero-order valence-electron chi connectivity index (χ0n) is 17.9. The molecule has 0 fully saturated rings. The molecule has 1 aromatic heterocycles. The van der Waals surface area contributed by atoms with E-state index < -0.39 is 5.97 Å². The summed E-state index contributed by atoms with van der Waals surface area (Å²) in [5.74, 6) is -0.886. The van der Waals surface area contributed by atoms with Crippen LogP contribution in [0.15, 0.2) is 54.9 Å². The number of carboxylic acid groups (broad SMARTS) is 1. The number of pyridine rings is 1. The van der Waals surface area contributed by atoms with Gasteiger partial charge in [0.2, 0.25) is 0 Å². The van der Waals surface area contributed by atoms with Crippen LogP contribution in [0.2, 0.25) is 0 Å². The number of carbonyl (C=O) groups is 1. The van der Waals surface area contributed by atoms with Crippen molar-refractivity contribution in [1.29, 1.82) is 0 Å². The Kier molecular flexibility index (Phi) is 5.69. The first-order valence-corrected chi connectivity index (χ1v) is 10.5. The molecule has 30 heavy (non-hydrogen) atoms. The standard InChI is InChI=1S/C26H28N2O2/c1-17-5-4-6-18(2)25(17)20-7-9-22-19(15-20)12-14-28(3)24(22)10-8-21-16-27-13-11-23(21)26(29)30/h4-7,9,11,13,15-16,24H,8,10,12,14H2,1-3H3,(H,29,30)/t24-/m1/s1. The molecule has 0 unspecified atom stereocenters. The van der Waals surface area contributed by atoms with E-state index >= 15 is 0 Å². The molecule has 2 heterocycles. The number of aryl methyl sites for hydroxylation is 3. The third kappa shape index (κ3) is 3.88. The van der Waals surface area contributed by atoms with E-state index in [-0.39, 0.29) is 6.04 Å². The third-order valence-corrected chi connectivity index (χ3v) is 6.36. The molecular weight excluding hydrogens is 372 g/mol. The minimum absolute atomic E-state index is 0.280. The number of carboxylic acids is 1. The van der Waals surface area contributed by atoms with Crippen LogP contribution in [0.5, 0.6) is 0 Å². The van der Waals surface area contributed by atoms with Gasteiger partial charge < -0.3 is 5.11 Å². The summed E-state index contributed by atoms with van der Waals surface area (Å²) >= 11 is 0. The molecule has 0 spiro atoms. The van der Waals surface area contributed by atoms with Crippen LogP contribution in [0.3, 0.4) is 0 Å². The lowest BCUT2D eigenvalue weighted by Gasteiger charge is -2.35. The number of hydrogen-bond acceptors (Lipinski definition) is 3. The highest BCUT2D eigenvalue weighted by molar-refractivity contribution is 5.89. The molecule has 0 saturated carbocycles. The number of aromatic carboxylic acids is 1. The summed E-state index contributed by atoms with van der Waals surface area (Å²) in [4.78, 5) is 18.1. The Bertz CT molecular complexity index is 1070. The lowest BCUT2D eigenvalue weighted by atomic mass is 9.86. The summed E-state index contributed by atoms with van der Waals surface area (Å²) in [6, 6.07) is 15.2. The van der Waals surface area contributed by atoms with Crippen molar-refractivity contribution in [3.05, 3.63) is 88.2 Å². The summed E-state index contributed by atoms with van der Waals surface area (Å²) in [6.07, 6.45) is 5.84. The van der Waals surface area contributed by atoms with Crippen molar-refractivity contribution in [2.45, 2.75) is 39.2 Å². The number of nitrogens with zero attached hydrogens (tertiary/aromatic N) is 2. The van der Waals surface area contributed by atoms with Gasteiger partial charge in [0.25, 0.3) is 0 Å². The Morgan fingerprint density at radius 1 is 1.17 bits per heavy atom. The van der Waals surface area contributed by atoms with Crippen LogP contribution in [-0.4, -0.2) is 34.6 Å². The number of benzene rings is 2. The van der Waals surface area contributed by atoms with Crippen molar-refractivity contribution in [3.8, 4) is 11.1 Å². The number of likely N-dealkylation sites (N-methyl/N-ethyl adjacent to an activating group) is 1. The first kappa shape index (κ1) is 20.3. The molecule has 0 radical (unpaired) electrons. The Hall–Kier alpha value is -2.98. The Morgan fingerprint density at radius 3 is 2.67 bits per heavy atom. The molecule has 4 rings (SSSR count). The van der Waals surface area contributed by atoms with Crippen molar-refractivity contribution < 1.29 is 9.90 Å². The summed E-state index contributed by atoms with van der Waals surface area (Å²) in [5, 5.41) is 9.46. The molecule has 154 valence electrons. The second-order valence-electron chi connectivity index (χ2n) is 8.30. The van der Waals surface area contributed by atoms with Crippen LogP contribution in [-0.2, 0) is 12.8 Å². The van der Waals surface area contributed by atoms with Crippen molar-refractivity contribution in [1.82, 2.24) is 9.88 Å². The van der Waals surface area contributed by atoms with Gasteiger partial charge in [0.1, 0.15) is 0 Å². The van der Waals surface area contributed by atoms with Crippen molar-refractivity contribution in [2.75, 3.05) is 13.6 Å². The maximum atomic E-state index is 11.5. The fourth-order valence-electron chi connectivity index (χ4n) is 4.77. The maximum Gasteiger partial charge on any atom is 0.336 e. The van der Waals surface area contributed by atoms with Gasteiger partial charge in [-0.05, 0) is 85.2 Å². The SMILES string of the molecule is Cc1cccc(C)c1-c1ccc2c(c1)CCN(C)[C@@H]2CCc1cnccc1C(=O)O. The molecule has 2 aromatic carbocycles. The molecule has 0 amide bonds. The van der Waals surface area contributed by atoms with Gasteiger partial charge in [-0.25, -0.2) is 4.79 Å². The fraction of sp³-hybridized carbons (Fsp3) is 0.308. The molecule has 1 aliphatic rings. The van der Waals surface area contributed by atoms with Crippen molar-refractivity contribution in [3.63, 3.8) is 0 Å². The number of hydrogen-bond donors (Lipinski definition) is 1. The second kappa shape index (κ2) is 8.41. The first-order valence-electron chi connectivity index (χ1n) is 10.5. The van der Waals surface area contributed by atoms with Gasteiger partial charge in [-0.3, -0.25) is 9.88 Å². The molecule has 4 heteroatoms. The van der Waals surface area contributed by atoms with Crippen molar-refractivity contribution >= 4 is 5.97 Å². The van der Waals surface area contributed by atoms with Crippen molar-refractivity contribution in [2.24, 2.45) is 0 Å². The normalized spacial score (nSPS) is 16.3. The molecule has 1 atom stereocenters. The lowest BCUT2D eigenvalue weighted by molar-refractivity contribution is 0.0695. The van der Waals surface area contributed by atoms with Gasteiger partial charge >= 0.3 is 5.97 Å². The fourth-order valence-corrected chi connectivity index (χ4v) is 4.77. The molecular formula is C26H28N2O2. The minimum atomic E-state index is -0.886. The number of fused-ring (bicyclic) bond motifs is 1. The Labute approximate surface area is 178 Å². The van der Waals surface area contributed by atoms with Crippen LogP contribution in [0, 0.1) is 13.8 Å². The second-order valence-corrected chi connectivity index (χ2v) is 8.30. The van der Waals surface area contributed by atoms with Gasteiger partial charge in [-0.15, -0.1) is 0 Å². The van der Waals surface area contributed by atoms with E-state index in [2.05, 4.69) is 67.2 Å². The van der Waals surface area contributed by atoms with E-state index in [0.717, 1.165) is 24.9 Å². The largest absolute Gasteiger partial charge is 0.478 e. The molecule has 1 aliphatic heterocycles.